The van der Waals surface area contributed by atoms with E-state index in [4.69, 9.17) is 11.6 Å². The molecule has 5 heteroatoms. The summed E-state index contributed by atoms with van der Waals surface area (Å²) in [6, 6.07) is 0. The first kappa shape index (κ1) is 13.6. The number of aromatic nitrogens is 2. The van der Waals surface area contributed by atoms with Crippen LogP contribution in [-0.2, 0) is 12.8 Å². The van der Waals surface area contributed by atoms with E-state index in [9.17, 15) is 0 Å². The van der Waals surface area contributed by atoms with Gasteiger partial charge in [-0.1, -0.05) is 13.8 Å². The number of rotatable bonds is 6. The molecule has 1 aliphatic carbocycles. The summed E-state index contributed by atoms with van der Waals surface area (Å²) in [5.74, 6) is 0.939. The number of fused-ring (bicyclic) bond motifs is 1. The summed E-state index contributed by atoms with van der Waals surface area (Å²) < 4.78 is 0. The topological polar surface area (TPSA) is 41.0 Å². The smallest absolute Gasteiger partial charge is 0.224 e. The van der Waals surface area contributed by atoms with Gasteiger partial charge in [-0.2, -0.15) is 0 Å². The minimum atomic E-state index is 0.362. The molecule has 0 bridgehead atoms. The molecular formula is C13H21ClN4. The lowest BCUT2D eigenvalue weighted by Crippen LogP contribution is -2.29. The van der Waals surface area contributed by atoms with Crippen LogP contribution in [0.3, 0.4) is 0 Å². The van der Waals surface area contributed by atoms with Crippen LogP contribution in [0.2, 0.25) is 5.28 Å². The molecule has 0 saturated carbocycles. The minimum Gasteiger partial charge on any atom is -0.368 e. The summed E-state index contributed by atoms with van der Waals surface area (Å²) in [4.78, 5) is 11.0. The van der Waals surface area contributed by atoms with Crippen LogP contribution in [0.1, 0.15) is 31.5 Å². The highest BCUT2D eigenvalue weighted by molar-refractivity contribution is 6.28. The molecule has 18 heavy (non-hydrogen) atoms. The highest BCUT2D eigenvalue weighted by Crippen LogP contribution is 2.27. The first-order valence-electron chi connectivity index (χ1n) is 6.76. The molecule has 1 aliphatic rings. The third kappa shape index (κ3) is 3.12. The third-order valence-electron chi connectivity index (χ3n) is 3.52. The highest BCUT2D eigenvalue weighted by atomic mass is 35.5. The summed E-state index contributed by atoms with van der Waals surface area (Å²) in [5, 5.41) is 3.77. The molecule has 0 aromatic carbocycles. The highest BCUT2D eigenvalue weighted by Gasteiger charge is 2.18. The van der Waals surface area contributed by atoms with Crippen molar-refractivity contribution in [3.05, 3.63) is 16.5 Å². The standard InChI is InChI=1S/C13H21ClN4/c1-3-18(4-2)9-8-15-12-10-6-5-7-11(10)16-13(14)17-12/h3-9H2,1-2H3,(H,15,16,17). The number of halogens is 1. The lowest BCUT2D eigenvalue weighted by atomic mass is 10.2. The summed E-state index contributed by atoms with van der Waals surface area (Å²) in [5.41, 5.74) is 2.39. The zero-order valence-corrected chi connectivity index (χ0v) is 11.9. The maximum atomic E-state index is 5.95. The fourth-order valence-corrected chi connectivity index (χ4v) is 2.61. The van der Waals surface area contributed by atoms with E-state index in [-0.39, 0.29) is 0 Å². The molecule has 0 fully saturated rings. The van der Waals surface area contributed by atoms with E-state index in [1.165, 1.54) is 5.56 Å². The van der Waals surface area contributed by atoms with Gasteiger partial charge in [0.05, 0.1) is 5.69 Å². The van der Waals surface area contributed by atoms with Gasteiger partial charge in [0.15, 0.2) is 0 Å². The lowest BCUT2D eigenvalue weighted by Gasteiger charge is -2.18. The molecule has 100 valence electrons. The second-order valence-electron chi connectivity index (χ2n) is 4.57. The Balaban J connectivity index is 1.97. The van der Waals surface area contributed by atoms with Gasteiger partial charge in [-0.05, 0) is 44.0 Å². The van der Waals surface area contributed by atoms with Crippen LogP contribution in [-0.4, -0.2) is 41.0 Å². The molecule has 0 unspecified atom stereocenters. The van der Waals surface area contributed by atoms with Crippen LogP contribution in [0.25, 0.3) is 0 Å². The summed E-state index contributed by atoms with van der Waals surface area (Å²) in [6.45, 7) is 8.47. The number of nitrogens with zero attached hydrogens (tertiary/aromatic N) is 3. The number of nitrogens with one attached hydrogen (secondary N) is 1. The fraction of sp³-hybridized carbons (Fsp3) is 0.692. The van der Waals surface area contributed by atoms with Crippen LogP contribution in [0, 0.1) is 0 Å². The molecule has 1 aromatic rings. The molecule has 0 amide bonds. The predicted molar refractivity (Wildman–Crippen MR) is 75.3 cm³/mol. The predicted octanol–water partition coefficient (Wildman–Crippen LogP) is 2.37. The van der Waals surface area contributed by atoms with E-state index in [1.807, 2.05) is 0 Å². The fourth-order valence-electron chi connectivity index (χ4n) is 2.42. The van der Waals surface area contributed by atoms with Crippen LogP contribution in [0.15, 0.2) is 0 Å². The van der Waals surface area contributed by atoms with Gasteiger partial charge < -0.3 is 10.2 Å². The number of aryl methyl sites for hydroxylation is 1. The molecule has 1 aromatic heterocycles. The number of hydrogen-bond acceptors (Lipinski definition) is 4. The monoisotopic (exact) mass is 268 g/mol. The van der Waals surface area contributed by atoms with E-state index in [1.54, 1.807) is 0 Å². The molecule has 0 atom stereocenters. The Morgan fingerprint density at radius 3 is 2.72 bits per heavy atom. The molecule has 4 nitrogen and oxygen atoms in total. The van der Waals surface area contributed by atoms with E-state index in [0.29, 0.717) is 5.28 Å². The third-order valence-corrected chi connectivity index (χ3v) is 3.69. The molecule has 0 aliphatic heterocycles. The molecule has 0 spiro atoms. The number of likely N-dealkylation sites (N-methyl/N-ethyl adjacent to an activating group) is 1. The van der Waals surface area contributed by atoms with Gasteiger partial charge in [0.25, 0.3) is 0 Å². The van der Waals surface area contributed by atoms with Crippen molar-refractivity contribution in [2.45, 2.75) is 33.1 Å². The van der Waals surface area contributed by atoms with Crippen molar-refractivity contribution in [1.29, 1.82) is 0 Å². The van der Waals surface area contributed by atoms with Gasteiger partial charge in [-0.25, -0.2) is 9.97 Å². The van der Waals surface area contributed by atoms with Gasteiger partial charge in [0.2, 0.25) is 5.28 Å². The Hall–Kier alpha value is -0.870. The number of hydrogen-bond donors (Lipinski definition) is 1. The van der Waals surface area contributed by atoms with Crippen molar-refractivity contribution in [3.8, 4) is 0 Å². The molecular weight excluding hydrogens is 248 g/mol. The quantitative estimate of drug-likeness (QED) is 0.805. The Kier molecular flexibility index (Phi) is 4.78. The van der Waals surface area contributed by atoms with Crippen molar-refractivity contribution in [1.82, 2.24) is 14.9 Å². The van der Waals surface area contributed by atoms with Crippen molar-refractivity contribution in [3.63, 3.8) is 0 Å². The Bertz CT molecular complexity index is 404. The van der Waals surface area contributed by atoms with Crippen molar-refractivity contribution in [2.75, 3.05) is 31.5 Å². The molecule has 1 N–H and O–H groups in total. The Labute approximate surface area is 114 Å². The van der Waals surface area contributed by atoms with Gasteiger partial charge in [0.1, 0.15) is 5.82 Å². The van der Waals surface area contributed by atoms with Crippen LogP contribution in [0.4, 0.5) is 5.82 Å². The second-order valence-corrected chi connectivity index (χ2v) is 4.91. The molecule has 2 rings (SSSR count). The Morgan fingerprint density at radius 2 is 2.00 bits per heavy atom. The Morgan fingerprint density at radius 1 is 1.22 bits per heavy atom. The molecule has 0 saturated heterocycles. The van der Waals surface area contributed by atoms with E-state index in [2.05, 4.69) is 34.0 Å². The van der Waals surface area contributed by atoms with Gasteiger partial charge in [-0.15, -0.1) is 0 Å². The maximum absolute atomic E-state index is 5.95. The number of anilines is 1. The molecule has 1 heterocycles. The van der Waals surface area contributed by atoms with E-state index in [0.717, 1.165) is 57.0 Å². The maximum Gasteiger partial charge on any atom is 0.224 e. The normalized spacial score (nSPS) is 14.0. The first-order chi connectivity index (χ1) is 8.74. The summed E-state index contributed by atoms with van der Waals surface area (Å²) >= 11 is 5.95. The van der Waals surface area contributed by atoms with Crippen LogP contribution >= 0.6 is 11.6 Å². The van der Waals surface area contributed by atoms with Gasteiger partial charge in [-0.3, -0.25) is 0 Å². The molecule has 0 radical (unpaired) electrons. The van der Waals surface area contributed by atoms with Crippen molar-refractivity contribution in [2.24, 2.45) is 0 Å². The van der Waals surface area contributed by atoms with E-state index >= 15 is 0 Å². The summed E-state index contributed by atoms with van der Waals surface area (Å²) in [6.07, 6.45) is 3.26. The van der Waals surface area contributed by atoms with E-state index < -0.39 is 0 Å². The average molecular weight is 269 g/mol. The van der Waals surface area contributed by atoms with Gasteiger partial charge >= 0.3 is 0 Å². The first-order valence-corrected chi connectivity index (χ1v) is 7.13. The van der Waals surface area contributed by atoms with Crippen molar-refractivity contribution < 1.29 is 0 Å². The van der Waals surface area contributed by atoms with Crippen LogP contribution in [0.5, 0.6) is 0 Å². The minimum absolute atomic E-state index is 0.362. The average Bonchev–Trinajstić information content (AvgIpc) is 2.82. The second kappa shape index (κ2) is 6.34. The van der Waals surface area contributed by atoms with Gasteiger partial charge in [0, 0.05) is 18.7 Å². The zero-order chi connectivity index (χ0) is 13.0. The lowest BCUT2D eigenvalue weighted by molar-refractivity contribution is 0.316. The SMILES string of the molecule is CCN(CC)CCNc1nc(Cl)nc2c1CCC2. The zero-order valence-electron chi connectivity index (χ0n) is 11.2. The largest absolute Gasteiger partial charge is 0.368 e. The summed E-state index contributed by atoms with van der Waals surface area (Å²) in [7, 11) is 0. The van der Waals surface area contributed by atoms with Crippen LogP contribution < -0.4 is 5.32 Å². The van der Waals surface area contributed by atoms with Crippen molar-refractivity contribution >= 4 is 17.4 Å².